The number of ether oxygens (including phenoxy) is 1. The first-order valence-corrected chi connectivity index (χ1v) is 6.60. The SMILES string of the molecule is COc1ccc(C2CCNC2C)c2ccccc12. The Kier molecular flexibility index (Phi) is 2.96. The van der Waals surface area contributed by atoms with Gasteiger partial charge in [-0.25, -0.2) is 0 Å². The largest absolute Gasteiger partial charge is 0.496 e. The molecule has 2 nitrogen and oxygen atoms in total. The second kappa shape index (κ2) is 4.62. The smallest absolute Gasteiger partial charge is 0.126 e. The van der Waals surface area contributed by atoms with Crippen LogP contribution in [0.1, 0.15) is 24.8 Å². The molecule has 0 amide bonds. The summed E-state index contributed by atoms with van der Waals surface area (Å²) in [6, 6.07) is 13.4. The Morgan fingerprint density at radius 1 is 1.11 bits per heavy atom. The van der Waals surface area contributed by atoms with Crippen LogP contribution in [0.3, 0.4) is 0 Å². The summed E-state index contributed by atoms with van der Waals surface area (Å²) in [7, 11) is 1.74. The van der Waals surface area contributed by atoms with Crippen LogP contribution in [0, 0.1) is 0 Å². The predicted octanol–water partition coefficient (Wildman–Crippen LogP) is 3.31. The van der Waals surface area contributed by atoms with Gasteiger partial charge < -0.3 is 10.1 Å². The van der Waals surface area contributed by atoms with E-state index >= 15 is 0 Å². The summed E-state index contributed by atoms with van der Waals surface area (Å²) < 4.78 is 5.46. The average Bonchev–Trinajstić information content (AvgIpc) is 2.83. The minimum Gasteiger partial charge on any atom is -0.496 e. The molecule has 1 aliphatic heterocycles. The molecule has 0 spiro atoms. The Morgan fingerprint density at radius 2 is 1.89 bits per heavy atom. The molecule has 3 rings (SSSR count). The van der Waals surface area contributed by atoms with Crippen LogP contribution in [0.25, 0.3) is 10.8 Å². The number of methoxy groups -OCH3 is 1. The highest BCUT2D eigenvalue weighted by molar-refractivity contribution is 5.91. The molecular weight excluding hydrogens is 222 g/mol. The minimum atomic E-state index is 0.557. The molecule has 2 atom stereocenters. The van der Waals surface area contributed by atoms with Gasteiger partial charge in [0, 0.05) is 17.3 Å². The summed E-state index contributed by atoms with van der Waals surface area (Å²) in [6.45, 7) is 3.39. The van der Waals surface area contributed by atoms with Gasteiger partial charge in [-0.3, -0.25) is 0 Å². The van der Waals surface area contributed by atoms with Gasteiger partial charge in [0.15, 0.2) is 0 Å². The number of nitrogens with one attached hydrogen (secondary N) is 1. The van der Waals surface area contributed by atoms with Crippen molar-refractivity contribution in [3.63, 3.8) is 0 Å². The molecule has 0 bridgehead atoms. The molecular formula is C16H19NO. The Labute approximate surface area is 108 Å². The molecule has 2 unspecified atom stereocenters. The van der Waals surface area contributed by atoms with Crippen LogP contribution < -0.4 is 10.1 Å². The highest BCUT2D eigenvalue weighted by atomic mass is 16.5. The van der Waals surface area contributed by atoms with Gasteiger partial charge in [0.1, 0.15) is 5.75 Å². The molecule has 2 aromatic rings. The van der Waals surface area contributed by atoms with Gasteiger partial charge in [0.05, 0.1) is 7.11 Å². The predicted molar refractivity (Wildman–Crippen MR) is 75.3 cm³/mol. The molecule has 0 saturated carbocycles. The Morgan fingerprint density at radius 3 is 2.56 bits per heavy atom. The van der Waals surface area contributed by atoms with Crippen molar-refractivity contribution in [2.45, 2.75) is 25.3 Å². The van der Waals surface area contributed by atoms with Crippen LogP contribution in [-0.4, -0.2) is 19.7 Å². The number of rotatable bonds is 2. The van der Waals surface area contributed by atoms with E-state index in [0.717, 1.165) is 12.3 Å². The minimum absolute atomic E-state index is 0.557. The van der Waals surface area contributed by atoms with Crippen LogP contribution in [-0.2, 0) is 0 Å². The van der Waals surface area contributed by atoms with Gasteiger partial charge in [0.2, 0.25) is 0 Å². The second-order valence-corrected chi connectivity index (χ2v) is 5.04. The van der Waals surface area contributed by atoms with E-state index in [1.54, 1.807) is 7.11 Å². The Hall–Kier alpha value is -1.54. The van der Waals surface area contributed by atoms with Gasteiger partial charge in [-0.2, -0.15) is 0 Å². The van der Waals surface area contributed by atoms with Crippen molar-refractivity contribution >= 4 is 10.8 Å². The molecule has 2 heteroatoms. The van der Waals surface area contributed by atoms with E-state index in [1.807, 2.05) is 0 Å². The fourth-order valence-electron chi connectivity index (χ4n) is 3.08. The lowest BCUT2D eigenvalue weighted by Crippen LogP contribution is -2.21. The standard InChI is InChI=1S/C16H19NO/c1-11-12(9-10-17-11)14-7-8-16(18-2)15-6-4-3-5-13(14)15/h3-8,11-12,17H,9-10H2,1-2H3. The van der Waals surface area contributed by atoms with Gasteiger partial charge in [0.25, 0.3) is 0 Å². The van der Waals surface area contributed by atoms with E-state index in [4.69, 9.17) is 4.74 Å². The maximum atomic E-state index is 5.46. The molecule has 18 heavy (non-hydrogen) atoms. The molecule has 1 aliphatic rings. The summed E-state index contributed by atoms with van der Waals surface area (Å²) in [6.07, 6.45) is 1.22. The third-order valence-electron chi connectivity index (χ3n) is 4.06. The summed E-state index contributed by atoms with van der Waals surface area (Å²) in [5.41, 5.74) is 1.45. The third-order valence-corrected chi connectivity index (χ3v) is 4.06. The molecule has 2 aromatic carbocycles. The summed E-state index contributed by atoms with van der Waals surface area (Å²) in [4.78, 5) is 0. The van der Waals surface area contributed by atoms with Crippen molar-refractivity contribution in [2.24, 2.45) is 0 Å². The lowest BCUT2D eigenvalue weighted by Gasteiger charge is -2.19. The monoisotopic (exact) mass is 241 g/mol. The van der Waals surface area contributed by atoms with Gasteiger partial charge in [-0.05, 0) is 36.9 Å². The van der Waals surface area contributed by atoms with E-state index in [1.165, 1.54) is 22.8 Å². The molecule has 1 fully saturated rings. The lowest BCUT2D eigenvalue weighted by molar-refractivity contribution is 0.419. The van der Waals surface area contributed by atoms with E-state index < -0.39 is 0 Å². The Balaban J connectivity index is 2.18. The van der Waals surface area contributed by atoms with Gasteiger partial charge >= 0.3 is 0 Å². The van der Waals surface area contributed by atoms with Crippen molar-refractivity contribution in [3.8, 4) is 5.75 Å². The quantitative estimate of drug-likeness (QED) is 0.871. The number of hydrogen-bond acceptors (Lipinski definition) is 2. The number of benzene rings is 2. The normalized spacial score (nSPS) is 23.4. The van der Waals surface area contributed by atoms with Crippen LogP contribution in [0.4, 0.5) is 0 Å². The zero-order valence-electron chi connectivity index (χ0n) is 10.9. The molecule has 0 aliphatic carbocycles. The van der Waals surface area contributed by atoms with E-state index in [9.17, 15) is 0 Å². The average molecular weight is 241 g/mol. The zero-order chi connectivity index (χ0) is 12.5. The summed E-state index contributed by atoms with van der Waals surface area (Å²) in [5.74, 6) is 1.58. The number of fused-ring (bicyclic) bond motifs is 1. The molecule has 0 radical (unpaired) electrons. The molecule has 1 saturated heterocycles. The molecule has 0 aromatic heterocycles. The van der Waals surface area contributed by atoms with Crippen molar-refractivity contribution < 1.29 is 4.74 Å². The topological polar surface area (TPSA) is 21.3 Å². The van der Waals surface area contributed by atoms with Crippen LogP contribution in [0.2, 0.25) is 0 Å². The second-order valence-electron chi connectivity index (χ2n) is 5.04. The van der Waals surface area contributed by atoms with Crippen LogP contribution in [0.5, 0.6) is 5.75 Å². The van der Waals surface area contributed by atoms with Crippen LogP contribution in [0.15, 0.2) is 36.4 Å². The highest BCUT2D eigenvalue weighted by Crippen LogP contribution is 2.36. The van der Waals surface area contributed by atoms with Gasteiger partial charge in [-0.1, -0.05) is 30.3 Å². The maximum Gasteiger partial charge on any atom is 0.126 e. The summed E-state index contributed by atoms with van der Waals surface area (Å²) in [5, 5.41) is 6.08. The first-order valence-electron chi connectivity index (χ1n) is 6.60. The molecule has 1 heterocycles. The van der Waals surface area contributed by atoms with E-state index in [2.05, 4.69) is 48.6 Å². The fraction of sp³-hybridized carbons (Fsp3) is 0.375. The molecule has 1 N–H and O–H groups in total. The van der Waals surface area contributed by atoms with E-state index in [-0.39, 0.29) is 0 Å². The van der Waals surface area contributed by atoms with E-state index in [0.29, 0.717) is 12.0 Å². The third kappa shape index (κ3) is 1.77. The zero-order valence-corrected chi connectivity index (χ0v) is 10.9. The van der Waals surface area contributed by atoms with Crippen molar-refractivity contribution in [2.75, 3.05) is 13.7 Å². The first-order chi connectivity index (χ1) is 8.81. The van der Waals surface area contributed by atoms with Crippen molar-refractivity contribution in [1.29, 1.82) is 0 Å². The lowest BCUT2D eigenvalue weighted by atomic mass is 9.88. The first kappa shape index (κ1) is 11.5. The summed E-state index contributed by atoms with van der Waals surface area (Å²) >= 11 is 0. The van der Waals surface area contributed by atoms with Crippen molar-refractivity contribution in [1.82, 2.24) is 5.32 Å². The fourth-order valence-corrected chi connectivity index (χ4v) is 3.08. The maximum absolute atomic E-state index is 5.46. The highest BCUT2D eigenvalue weighted by Gasteiger charge is 2.26. The Bertz CT molecular complexity index is 564. The van der Waals surface area contributed by atoms with Crippen molar-refractivity contribution in [3.05, 3.63) is 42.0 Å². The van der Waals surface area contributed by atoms with Gasteiger partial charge in [-0.15, -0.1) is 0 Å². The van der Waals surface area contributed by atoms with Crippen LogP contribution >= 0.6 is 0 Å². The molecule has 94 valence electrons. The number of hydrogen-bond donors (Lipinski definition) is 1.